The lowest BCUT2D eigenvalue weighted by molar-refractivity contribution is 0.153. The summed E-state index contributed by atoms with van der Waals surface area (Å²) in [7, 11) is 2.03. The van der Waals surface area contributed by atoms with Crippen molar-refractivity contribution in [3.05, 3.63) is 11.3 Å². The van der Waals surface area contributed by atoms with Gasteiger partial charge in [0.1, 0.15) is 5.82 Å². The fourth-order valence-electron chi connectivity index (χ4n) is 2.51. The highest BCUT2D eigenvalue weighted by Gasteiger charge is 2.18. The van der Waals surface area contributed by atoms with E-state index in [0.717, 1.165) is 45.1 Å². The van der Waals surface area contributed by atoms with Gasteiger partial charge in [0, 0.05) is 38.9 Å². The normalized spacial score (nSPS) is 11.4. The van der Waals surface area contributed by atoms with E-state index in [1.807, 2.05) is 18.7 Å². The molecular formula is C16H32N4O. The molecule has 0 aliphatic rings. The number of ether oxygens (including phenoxy) is 1. The summed E-state index contributed by atoms with van der Waals surface area (Å²) < 4.78 is 7.50. The second kappa shape index (κ2) is 9.05. The number of aromatic nitrogens is 2. The average Bonchev–Trinajstić information content (AvgIpc) is 2.70. The highest BCUT2D eigenvalue weighted by Crippen LogP contribution is 2.23. The Kier molecular flexibility index (Phi) is 7.75. The Hall–Kier alpha value is -1.07. The van der Waals surface area contributed by atoms with Crippen LogP contribution in [0, 0.1) is 12.8 Å². The molecule has 21 heavy (non-hydrogen) atoms. The first-order chi connectivity index (χ1) is 10.0. The molecule has 122 valence electrons. The van der Waals surface area contributed by atoms with Crippen LogP contribution in [-0.4, -0.2) is 42.6 Å². The molecular weight excluding hydrogens is 264 g/mol. The van der Waals surface area contributed by atoms with E-state index in [2.05, 4.69) is 43.0 Å². The van der Waals surface area contributed by atoms with Crippen molar-refractivity contribution < 1.29 is 4.74 Å². The number of nitrogens with one attached hydrogen (secondary N) is 1. The Balaban J connectivity index is 2.82. The maximum atomic E-state index is 5.50. The van der Waals surface area contributed by atoms with E-state index in [1.54, 1.807) is 0 Å². The van der Waals surface area contributed by atoms with Crippen molar-refractivity contribution in [2.75, 3.05) is 37.7 Å². The lowest BCUT2D eigenvalue weighted by Gasteiger charge is -2.24. The topological polar surface area (TPSA) is 42.3 Å². The first-order valence-electron chi connectivity index (χ1n) is 8.07. The SMILES string of the molecule is CCOCCN(CC)c1c(CNCC(C)C)c(C)nn1C. The smallest absolute Gasteiger partial charge is 0.131 e. The Morgan fingerprint density at radius 1 is 1.33 bits per heavy atom. The molecule has 0 fully saturated rings. The molecule has 0 aliphatic heterocycles. The largest absolute Gasteiger partial charge is 0.380 e. The summed E-state index contributed by atoms with van der Waals surface area (Å²) in [5.41, 5.74) is 2.41. The number of nitrogens with zero attached hydrogens (tertiary/aromatic N) is 3. The van der Waals surface area contributed by atoms with Gasteiger partial charge in [-0.15, -0.1) is 0 Å². The van der Waals surface area contributed by atoms with Crippen LogP contribution in [0.5, 0.6) is 0 Å². The molecule has 1 N–H and O–H groups in total. The van der Waals surface area contributed by atoms with Crippen LogP contribution in [0.3, 0.4) is 0 Å². The number of aryl methyl sites for hydroxylation is 2. The van der Waals surface area contributed by atoms with E-state index in [-0.39, 0.29) is 0 Å². The van der Waals surface area contributed by atoms with Crippen molar-refractivity contribution in [3.8, 4) is 0 Å². The fraction of sp³-hybridized carbons (Fsp3) is 0.812. The summed E-state index contributed by atoms with van der Waals surface area (Å²) in [6.45, 7) is 16.0. The zero-order valence-electron chi connectivity index (χ0n) is 14.6. The molecule has 0 unspecified atom stereocenters. The van der Waals surface area contributed by atoms with E-state index in [9.17, 15) is 0 Å². The molecule has 5 heteroatoms. The van der Waals surface area contributed by atoms with Gasteiger partial charge < -0.3 is 15.0 Å². The van der Waals surface area contributed by atoms with E-state index in [1.165, 1.54) is 11.4 Å². The summed E-state index contributed by atoms with van der Waals surface area (Å²) in [6.07, 6.45) is 0. The zero-order valence-corrected chi connectivity index (χ0v) is 14.6. The minimum atomic E-state index is 0.658. The van der Waals surface area contributed by atoms with Crippen molar-refractivity contribution in [1.82, 2.24) is 15.1 Å². The minimum absolute atomic E-state index is 0.658. The molecule has 0 atom stereocenters. The van der Waals surface area contributed by atoms with Crippen LogP contribution in [0.25, 0.3) is 0 Å². The summed E-state index contributed by atoms with van der Waals surface area (Å²) in [4.78, 5) is 2.35. The van der Waals surface area contributed by atoms with Crippen molar-refractivity contribution in [2.45, 2.75) is 41.2 Å². The number of hydrogen-bond donors (Lipinski definition) is 1. The first kappa shape index (κ1) is 18.0. The lowest BCUT2D eigenvalue weighted by atomic mass is 10.2. The molecule has 0 spiro atoms. The van der Waals surface area contributed by atoms with Gasteiger partial charge in [0.15, 0.2) is 0 Å². The number of hydrogen-bond acceptors (Lipinski definition) is 4. The van der Waals surface area contributed by atoms with E-state index in [0.29, 0.717) is 5.92 Å². The van der Waals surface area contributed by atoms with Gasteiger partial charge in [0.2, 0.25) is 0 Å². The van der Waals surface area contributed by atoms with Gasteiger partial charge in [0.25, 0.3) is 0 Å². The van der Waals surface area contributed by atoms with Crippen LogP contribution in [0.4, 0.5) is 5.82 Å². The highest BCUT2D eigenvalue weighted by atomic mass is 16.5. The molecule has 0 aromatic carbocycles. The second-order valence-corrected chi connectivity index (χ2v) is 5.81. The van der Waals surface area contributed by atoms with Crippen LogP contribution in [0.2, 0.25) is 0 Å². The third kappa shape index (κ3) is 5.32. The number of anilines is 1. The summed E-state index contributed by atoms with van der Waals surface area (Å²) in [5, 5.41) is 8.13. The number of likely N-dealkylation sites (N-methyl/N-ethyl adjacent to an activating group) is 1. The second-order valence-electron chi connectivity index (χ2n) is 5.81. The molecule has 0 bridgehead atoms. The predicted octanol–water partition coefficient (Wildman–Crippen LogP) is 2.34. The standard InChI is InChI=1S/C16H32N4O/c1-7-20(9-10-21-8-2)16-15(12-17-11-13(3)4)14(5)18-19(16)6/h13,17H,7-12H2,1-6H3. The van der Waals surface area contributed by atoms with Crippen molar-refractivity contribution in [3.63, 3.8) is 0 Å². The zero-order chi connectivity index (χ0) is 15.8. The number of rotatable bonds is 10. The van der Waals surface area contributed by atoms with Gasteiger partial charge in [-0.3, -0.25) is 4.68 Å². The van der Waals surface area contributed by atoms with Crippen LogP contribution in [0.1, 0.15) is 39.0 Å². The molecule has 0 saturated carbocycles. The molecule has 0 saturated heterocycles. The summed E-state index contributed by atoms with van der Waals surface area (Å²) in [5.74, 6) is 1.87. The first-order valence-corrected chi connectivity index (χ1v) is 8.07. The maximum absolute atomic E-state index is 5.50. The Morgan fingerprint density at radius 3 is 2.62 bits per heavy atom. The van der Waals surface area contributed by atoms with Gasteiger partial charge in [-0.1, -0.05) is 13.8 Å². The summed E-state index contributed by atoms with van der Waals surface area (Å²) >= 11 is 0. The highest BCUT2D eigenvalue weighted by molar-refractivity contribution is 5.50. The van der Waals surface area contributed by atoms with Crippen LogP contribution < -0.4 is 10.2 Å². The van der Waals surface area contributed by atoms with Crippen LogP contribution in [-0.2, 0) is 18.3 Å². The van der Waals surface area contributed by atoms with Gasteiger partial charge in [-0.25, -0.2) is 0 Å². The monoisotopic (exact) mass is 296 g/mol. The molecule has 1 heterocycles. The summed E-state index contributed by atoms with van der Waals surface area (Å²) in [6, 6.07) is 0. The third-order valence-corrected chi connectivity index (χ3v) is 3.56. The molecule has 0 radical (unpaired) electrons. The minimum Gasteiger partial charge on any atom is -0.380 e. The third-order valence-electron chi connectivity index (χ3n) is 3.56. The molecule has 5 nitrogen and oxygen atoms in total. The van der Waals surface area contributed by atoms with Gasteiger partial charge >= 0.3 is 0 Å². The maximum Gasteiger partial charge on any atom is 0.131 e. The van der Waals surface area contributed by atoms with E-state index < -0.39 is 0 Å². The molecule has 1 rings (SSSR count). The van der Waals surface area contributed by atoms with Gasteiger partial charge in [-0.2, -0.15) is 5.10 Å². The van der Waals surface area contributed by atoms with Gasteiger partial charge in [0.05, 0.1) is 12.3 Å². The lowest BCUT2D eigenvalue weighted by Crippen LogP contribution is -2.30. The van der Waals surface area contributed by atoms with Crippen LogP contribution >= 0.6 is 0 Å². The molecule has 1 aromatic heterocycles. The Bertz CT molecular complexity index is 415. The van der Waals surface area contributed by atoms with E-state index in [4.69, 9.17) is 4.74 Å². The van der Waals surface area contributed by atoms with Crippen molar-refractivity contribution >= 4 is 5.82 Å². The van der Waals surface area contributed by atoms with Gasteiger partial charge in [-0.05, 0) is 33.2 Å². The average molecular weight is 296 g/mol. The van der Waals surface area contributed by atoms with Crippen molar-refractivity contribution in [1.29, 1.82) is 0 Å². The predicted molar refractivity (Wildman–Crippen MR) is 88.9 cm³/mol. The van der Waals surface area contributed by atoms with E-state index >= 15 is 0 Å². The quantitative estimate of drug-likeness (QED) is 0.673. The molecule has 0 amide bonds. The molecule has 1 aromatic rings. The Labute approximate surface area is 129 Å². The Morgan fingerprint density at radius 2 is 2.05 bits per heavy atom. The fourth-order valence-corrected chi connectivity index (χ4v) is 2.51. The van der Waals surface area contributed by atoms with Crippen LogP contribution in [0.15, 0.2) is 0 Å². The molecule has 0 aliphatic carbocycles. The van der Waals surface area contributed by atoms with Crippen molar-refractivity contribution in [2.24, 2.45) is 13.0 Å².